The Balaban J connectivity index is 4.46. The minimum absolute atomic E-state index is 0.149. The quantitative estimate of drug-likeness (QED) is 0.0200. The Labute approximate surface area is 325 Å². The number of quaternary nitrogens is 1. The second-order valence-electron chi connectivity index (χ2n) is 16.0. The molecule has 0 spiro atoms. The van der Waals surface area contributed by atoms with Gasteiger partial charge in [0.25, 0.3) is 0 Å². The molecule has 0 heterocycles. The monoisotopic (exact) mass is 754 g/mol. The van der Waals surface area contributed by atoms with E-state index in [1.54, 1.807) is 0 Å². The number of nitrogens with zero attached hydrogens (tertiary/aromatic N) is 1. The van der Waals surface area contributed by atoms with Crippen molar-refractivity contribution in [3.63, 3.8) is 0 Å². The van der Waals surface area contributed by atoms with Crippen LogP contribution in [0.15, 0.2) is 12.2 Å². The Hall–Kier alpha value is -1.97. The molecular formula is C44H83NO8. The van der Waals surface area contributed by atoms with E-state index in [0.29, 0.717) is 23.9 Å². The summed E-state index contributed by atoms with van der Waals surface area (Å²) in [6.07, 6.45) is 33.8. The minimum atomic E-state index is -1.62. The van der Waals surface area contributed by atoms with E-state index in [0.717, 1.165) is 51.4 Å². The summed E-state index contributed by atoms with van der Waals surface area (Å²) in [5, 5.41) is 11.7. The lowest BCUT2D eigenvalue weighted by atomic mass is 10.0. The zero-order chi connectivity index (χ0) is 39.3. The smallest absolute Gasteiger partial charge is 0.306 e. The lowest BCUT2D eigenvalue weighted by Gasteiger charge is -2.26. The molecule has 0 aliphatic carbocycles. The lowest BCUT2D eigenvalue weighted by Crippen LogP contribution is -2.44. The number of carboxylic acid groups (broad SMARTS) is 1. The van der Waals surface area contributed by atoms with Gasteiger partial charge < -0.3 is 33.3 Å². The van der Waals surface area contributed by atoms with Gasteiger partial charge in [-0.2, -0.15) is 0 Å². The molecule has 0 aliphatic rings. The molecule has 312 valence electrons. The average Bonchev–Trinajstić information content (AvgIpc) is 3.11. The summed E-state index contributed by atoms with van der Waals surface area (Å²) in [5.41, 5.74) is 0. The third kappa shape index (κ3) is 38.1. The molecule has 0 aromatic carbocycles. The number of hydrogen-bond acceptors (Lipinski definition) is 8. The van der Waals surface area contributed by atoms with Crippen LogP contribution in [0.2, 0.25) is 0 Å². The highest BCUT2D eigenvalue weighted by Crippen LogP contribution is 2.15. The van der Waals surface area contributed by atoms with Gasteiger partial charge >= 0.3 is 11.9 Å². The topological polar surface area (TPSA) is 111 Å². The number of allylic oxidation sites excluding steroid dienone is 2. The highest BCUT2D eigenvalue weighted by molar-refractivity contribution is 5.70. The molecule has 0 fully saturated rings. The van der Waals surface area contributed by atoms with Crippen molar-refractivity contribution in [1.29, 1.82) is 0 Å². The molecule has 9 nitrogen and oxygen atoms in total. The number of carboxylic acids is 1. The van der Waals surface area contributed by atoms with Crippen LogP contribution in [0.4, 0.5) is 0 Å². The van der Waals surface area contributed by atoms with E-state index in [-0.39, 0.29) is 32.2 Å². The number of rotatable bonds is 40. The molecule has 0 bridgehead atoms. The summed E-state index contributed by atoms with van der Waals surface area (Å²) in [7, 11) is 5.91. The first-order valence-corrected chi connectivity index (χ1v) is 21.8. The molecule has 0 amide bonds. The number of aliphatic carboxylic acids is 1. The SMILES string of the molecule is CCCCCCC/C=C\CCCCCCCC(=O)OC(COC(=O)CCCCCCCCCCCCCCCC)COC(OCC[N+](C)(C)C)C(=O)[O-]. The fourth-order valence-electron chi connectivity index (χ4n) is 6.06. The third-order valence-corrected chi connectivity index (χ3v) is 9.51. The molecular weight excluding hydrogens is 670 g/mol. The van der Waals surface area contributed by atoms with Gasteiger partial charge in [0.05, 0.1) is 40.3 Å². The molecule has 53 heavy (non-hydrogen) atoms. The fourth-order valence-corrected chi connectivity index (χ4v) is 6.06. The summed E-state index contributed by atoms with van der Waals surface area (Å²) >= 11 is 0. The Morgan fingerprint density at radius 1 is 0.547 bits per heavy atom. The van der Waals surface area contributed by atoms with Crippen molar-refractivity contribution in [1.82, 2.24) is 0 Å². The Morgan fingerprint density at radius 3 is 1.40 bits per heavy atom. The zero-order valence-electron chi connectivity index (χ0n) is 35.2. The molecule has 0 aromatic rings. The maximum absolute atomic E-state index is 12.7. The van der Waals surface area contributed by atoms with E-state index < -0.39 is 24.3 Å². The number of carbonyl (C=O) groups excluding carboxylic acids is 3. The maximum atomic E-state index is 12.7. The number of hydrogen-bond donors (Lipinski definition) is 0. The van der Waals surface area contributed by atoms with Crippen LogP contribution in [0.3, 0.4) is 0 Å². The van der Waals surface area contributed by atoms with Crippen molar-refractivity contribution in [3.8, 4) is 0 Å². The number of esters is 2. The summed E-state index contributed by atoms with van der Waals surface area (Å²) < 4.78 is 22.5. The molecule has 0 radical (unpaired) electrons. The lowest BCUT2D eigenvalue weighted by molar-refractivity contribution is -0.870. The van der Waals surface area contributed by atoms with Gasteiger partial charge in [-0.05, 0) is 38.5 Å². The predicted molar refractivity (Wildman–Crippen MR) is 214 cm³/mol. The van der Waals surface area contributed by atoms with E-state index in [1.807, 2.05) is 21.1 Å². The Morgan fingerprint density at radius 2 is 0.962 bits per heavy atom. The van der Waals surface area contributed by atoms with Crippen LogP contribution in [0.1, 0.15) is 194 Å². The largest absolute Gasteiger partial charge is 0.545 e. The maximum Gasteiger partial charge on any atom is 0.306 e. The van der Waals surface area contributed by atoms with E-state index in [2.05, 4.69) is 26.0 Å². The highest BCUT2D eigenvalue weighted by Gasteiger charge is 2.21. The predicted octanol–water partition coefficient (Wildman–Crippen LogP) is 9.78. The van der Waals surface area contributed by atoms with Gasteiger partial charge in [-0.25, -0.2) is 0 Å². The first kappa shape index (κ1) is 51.0. The van der Waals surface area contributed by atoms with Crippen LogP contribution < -0.4 is 5.11 Å². The summed E-state index contributed by atoms with van der Waals surface area (Å²) in [6.45, 7) is 4.73. The second-order valence-corrected chi connectivity index (χ2v) is 16.0. The van der Waals surface area contributed by atoms with Crippen molar-refractivity contribution < 1.29 is 42.9 Å². The number of carbonyl (C=O) groups is 3. The van der Waals surface area contributed by atoms with Crippen LogP contribution in [-0.2, 0) is 33.3 Å². The normalized spacial score (nSPS) is 13.0. The molecule has 0 saturated carbocycles. The van der Waals surface area contributed by atoms with E-state index in [1.165, 1.54) is 109 Å². The first-order chi connectivity index (χ1) is 25.6. The first-order valence-electron chi connectivity index (χ1n) is 21.8. The van der Waals surface area contributed by atoms with Crippen molar-refractivity contribution in [3.05, 3.63) is 12.2 Å². The van der Waals surface area contributed by atoms with Gasteiger partial charge in [-0.3, -0.25) is 9.59 Å². The van der Waals surface area contributed by atoms with Crippen molar-refractivity contribution in [2.24, 2.45) is 0 Å². The minimum Gasteiger partial charge on any atom is -0.545 e. The van der Waals surface area contributed by atoms with Crippen LogP contribution in [0.25, 0.3) is 0 Å². The number of likely N-dealkylation sites (N-methyl/N-ethyl adjacent to an activating group) is 1. The number of ether oxygens (including phenoxy) is 4. The summed E-state index contributed by atoms with van der Waals surface area (Å²) in [4.78, 5) is 36.9. The van der Waals surface area contributed by atoms with Crippen molar-refractivity contribution >= 4 is 17.9 Å². The third-order valence-electron chi connectivity index (χ3n) is 9.51. The van der Waals surface area contributed by atoms with E-state index >= 15 is 0 Å². The van der Waals surface area contributed by atoms with Crippen molar-refractivity contribution in [2.45, 2.75) is 206 Å². The molecule has 2 unspecified atom stereocenters. The number of unbranched alkanes of at least 4 members (excludes halogenated alkanes) is 23. The Kier molecular flexibility index (Phi) is 35.6. The van der Waals surface area contributed by atoms with E-state index in [4.69, 9.17) is 18.9 Å². The van der Waals surface area contributed by atoms with Crippen LogP contribution in [0, 0.1) is 0 Å². The standard InChI is InChI=1S/C44H83NO8/c1-6-8-10-12-14-16-18-20-22-24-26-28-30-32-34-41(46)51-38-40(39-52-44(43(48)49)50-37-36-45(3,4)5)53-42(47)35-33-31-29-27-25-23-21-19-17-15-13-11-9-7-2/h19,21,40,44H,6-18,20,22-39H2,1-5H3/b21-19-. The van der Waals surface area contributed by atoms with Gasteiger partial charge in [-0.15, -0.1) is 0 Å². The highest BCUT2D eigenvalue weighted by atomic mass is 16.7. The summed E-state index contributed by atoms with van der Waals surface area (Å²) in [5.74, 6) is -2.29. The van der Waals surface area contributed by atoms with Gasteiger partial charge in [0.15, 0.2) is 12.4 Å². The van der Waals surface area contributed by atoms with Crippen LogP contribution >= 0.6 is 0 Å². The van der Waals surface area contributed by atoms with Gasteiger partial charge in [-0.1, -0.05) is 154 Å². The van der Waals surface area contributed by atoms with Crippen LogP contribution in [0.5, 0.6) is 0 Å². The van der Waals surface area contributed by atoms with Gasteiger partial charge in [0.2, 0.25) is 0 Å². The molecule has 0 saturated heterocycles. The fraction of sp³-hybridized carbons (Fsp3) is 0.886. The molecule has 2 atom stereocenters. The molecule has 9 heteroatoms. The van der Waals surface area contributed by atoms with Crippen LogP contribution in [-0.4, -0.2) is 82.3 Å². The van der Waals surface area contributed by atoms with E-state index in [9.17, 15) is 19.5 Å². The molecule has 0 aliphatic heterocycles. The zero-order valence-corrected chi connectivity index (χ0v) is 35.2. The Bertz CT molecular complexity index is 887. The second kappa shape index (κ2) is 37.0. The summed E-state index contributed by atoms with van der Waals surface area (Å²) in [6, 6.07) is 0. The average molecular weight is 754 g/mol. The molecule has 0 aromatic heterocycles. The van der Waals surface area contributed by atoms with Crippen molar-refractivity contribution in [2.75, 3.05) is 47.5 Å². The van der Waals surface area contributed by atoms with Gasteiger partial charge in [0.1, 0.15) is 13.2 Å². The molecule has 0 N–H and O–H groups in total. The van der Waals surface area contributed by atoms with Gasteiger partial charge in [0, 0.05) is 12.8 Å². The molecule has 0 rings (SSSR count).